The van der Waals surface area contributed by atoms with Crippen molar-refractivity contribution in [3.8, 4) is 17.5 Å². The van der Waals surface area contributed by atoms with Gasteiger partial charge in [-0.05, 0) is 75.5 Å². The molecule has 3 aromatic rings. The van der Waals surface area contributed by atoms with Crippen LogP contribution in [0.3, 0.4) is 0 Å². The van der Waals surface area contributed by atoms with E-state index in [4.69, 9.17) is 33.2 Å². The number of nitriles is 1. The Hall–Kier alpha value is -2.53. The summed E-state index contributed by atoms with van der Waals surface area (Å²) < 4.78 is 46.5. The number of rotatable bonds is 6. The number of benzene rings is 2. The van der Waals surface area contributed by atoms with Gasteiger partial charge in [-0.2, -0.15) is 18.7 Å². The van der Waals surface area contributed by atoms with Crippen molar-refractivity contribution in [3.05, 3.63) is 71.5 Å². The second-order valence-electron chi connectivity index (χ2n) is 7.11. The molecule has 1 aromatic heterocycles. The Labute approximate surface area is 235 Å². The number of aromatic nitrogens is 3. The SMILES string of the molecule is CCOC(=O)C(Cl)Cc1cc(-n2nc(C)n(C(F)F)c2=O)c(F)cc1Cl.N#Cc1cc(Br)c(O)c(Br)c1. The van der Waals surface area contributed by atoms with Crippen molar-refractivity contribution >= 4 is 61.0 Å². The number of carbonyl (C=O) groups excluding carboxylic acids is 1. The summed E-state index contributed by atoms with van der Waals surface area (Å²) in [5.41, 5.74) is -0.865. The molecule has 1 unspecified atom stereocenters. The van der Waals surface area contributed by atoms with E-state index in [0.29, 0.717) is 19.2 Å². The molecular weight excluding hydrogens is 672 g/mol. The molecule has 0 amide bonds. The Kier molecular flexibility index (Phi) is 11.0. The third-order valence-corrected chi connectivity index (χ3v) is 6.50. The van der Waals surface area contributed by atoms with Gasteiger partial charge in [-0.1, -0.05) is 11.6 Å². The van der Waals surface area contributed by atoms with Crippen LogP contribution in [0, 0.1) is 24.1 Å². The van der Waals surface area contributed by atoms with Gasteiger partial charge in [0.15, 0.2) is 5.82 Å². The fourth-order valence-electron chi connectivity index (χ4n) is 2.90. The van der Waals surface area contributed by atoms with Gasteiger partial charge in [0, 0.05) is 11.4 Å². The second kappa shape index (κ2) is 13.3. The van der Waals surface area contributed by atoms with Crippen LogP contribution in [-0.4, -0.2) is 37.4 Å². The number of alkyl halides is 3. The number of phenolic OH excluding ortho intramolecular Hbond substituents is 1. The molecule has 0 radical (unpaired) electrons. The second-order valence-corrected chi connectivity index (χ2v) is 9.75. The van der Waals surface area contributed by atoms with E-state index in [1.165, 1.54) is 6.92 Å². The fraction of sp³-hybridized carbons (Fsp3) is 0.273. The number of aromatic hydroxyl groups is 1. The first kappa shape index (κ1) is 30.7. The van der Waals surface area contributed by atoms with Crippen molar-refractivity contribution in [3.63, 3.8) is 0 Å². The zero-order valence-electron chi connectivity index (χ0n) is 19.0. The molecule has 1 atom stereocenters. The summed E-state index contributed by atoms with van der Waals surface area (Å²) in [6.07, 6.45) is -0.115. The molecule has 0 saturated heterocycles. The number of halogens is 7. The largest absolute Gasteiger partial charge is 0.506 e. The number of nitrogens with zero attached hydrogens (tertiary/aromatic N) is 4. The summed E-state index contributed by atoms with van der Waals surface area (Å²) in [4.78, 5) is 23.7. The van der Waals surface area contributed by atoms with E-state index in [0.717, 1.165) is 12.1 Å². The maximum absolute atomic E-state index is 14.2. The fourth-order valence-corrected chi connectivity index (χ4v) is 4.54. The van der Waals surface area contributed by atoms with Crippen LogP contribution in [0.1, 0.15) is 30.4 Å². The highest BCUT2D eigenvalue weighted by Crippen LogP contribution is 2.33. The summed E-state index contributed by atoms with van der Waals surface area (Å²) in [6, 6.07) is 7.10. The minimum absolute atomic E-state index is 0.0424. The number of ether oxygens (including phenoxy) is 1. The topological polar surface area (TPSA) is 110 Å². The lowest BCUT2D eigenvalue weighted by Gasteiger charge is -2.12. The zero-order chi connectivity index (χ0) is 28.0. The number of carbonyl (C=O) groups is 1. The van der Waals surface area contributed by atoms with Gasteiger partial charge in [0.1, 0.15) is 22.6 Å². The smallest absolute Gasteiger partial charge is 0.355 e. The lowest BCUT2D eigenvalue weighted by atomic mass is 10.1. The normalized spacial score (nSPS) is 11.5. The Balaban J connectivity index is 0.000000364. The highest BCUT2D eigenvalue weighted by molar-refractivity contribution is 9.11. The van der Waals surface area contributed by atoms with Gasteiger partial charge in [0.05, 0.1) is 27.2 Å². The Morgan fingerprint density at radius 1 is 1.27 bits per heavy atom. The van der Waals surface area contributed by atoms with Crippen LogP contribution >= 0.6 is 55.1 Å². The zero-order valence-corrected chi connectivity index (χ0v) is 23.7. The van der Waals surface area contributed by atoms with Gasteiger partial charge in [-0.25, -0.2) is 13.8 Å². The van der Waals surface area contributed by atoms with Crippen molar-refractivity contribution in [1.82, 2.24) is 14.3 Å². The third kappa shape index (κ3) is 7.50. The molecule has 0 aliphatic heterocycles. The number of hydrogen-bond acceptors (Lipinski definition) is 6. The highest BCUT2D eigenvalue weighted by atomic mass is 79.9. The van der Waals surface area contributed by atoms with Gasteiger partial charge in [-0.3, -0.25) is 4.79 Å². The van der Waals surface area contributed by atoms with Crippen molar-refractivity contribution < 1.29 is 27.8 Å². The summed E-state index contributed by atoms with van der Waals surface area (Å²) in [6.45, 7) is -0.195. The van der Waals surface area contributed by atoms with Crippen LogP contribution in [0.2, 0.25) is 5.02 Å². The Morgan fingerprint density at radius 2 is 1.86 bits per heavy atom. The van der Waals surface area contributed by atoms with E-state index in [-0.39, 0.29) is 45.4 Å². The van der Waals surface area contributed by atoms with Gasteiger partial charge in [0.2, 0.25) is 0 Å². The maximum atomic E-state index is 14.2. The molecule has 0 bridgehead atoms. The molecular formula is C22H17Br2Cl2F3N4O4. The van der Waals surface area contributed by atoms with Crippen molar-refractivity contribution in [2.24, 2.45) is 0 Å². The summed E-state index contributed by atoms with van der Waals surface area (Å²) in [7, 11) is 0. The lowest BCUT2D eigenvalue weighted by molar-refractivity contribution is -0.142. The van der Waals surface area contributed by atoms with E-state index in [9.17, 15) is 27.9 Å². The van der Waals surface area contributed by atoms with Crippen molar-refractivity contribution in [2.45, 2.75) is 32.2 Å². The van der Waals surface area contributed by atoms with Gasteiger partial charge < -0.3 is 9.84 Å². The first-order valence-corrected chi connectivity index (χ1v) is 12.6. The number of aryl methyl sites for hydroxylation is 1. The first-order chi connectivity index (χ1) is 17.3. The van der Waals surface area contributed by atoms with Gasteiger partial charge in [-0.15, -0.1) is 16.7 Å². The first-order valence-electron chi connectivity index (χ1n) is 10.2. The molecule has 1 N–H and O–H groups in total. The highest BCUT2D eigenvalue weighted by Gasteiger charge is 2.23. The number of hydrogen-bond donors (Lipinski definition) is 1. The number of phenols is 1. The predicted octanol–water partition coefficient (Wildman–Crippen LogP) is 6.03. The average Bonchev–Trinajstić information content (AvgIpc) is 3.12. The minimum atomic E-state index is -3.12. The molecule has 0 fully saturated rings. The molecule has 3 rings (SSSR count). The van der Waals surface area contributed by atoms with Crippen LogP contribution in [0.4, 0.5) is 13.2 Å². The molecule has 198 valence electrons. The molecule has 0 spiro atoms. The maximum Gasteiger partial charge on any atom is 0.355 e. The summed E-state index contributed by atoms with van der Waals surface area (Å²) >= 11 is 18.1. The molecule has 2 aromatic carbocycles. The Morgan fingerprint density at radius 3 is 2.35 bits per heavy atom. The molecule has 0 aliphatic carbocycles. The molecule has 0 aliphatic rings. The van der Waals surface area contributed by atoms with E-state index in [1.807, 2.05) is 6.07 Å². The van der Waals surface area contributed by atoms with E-state index in [1.54, 1.807) is 19.1 Å². The predicted molar refractivity (Wildman–Crippen MR) is 137 cm³/mol. The lowest BCUT2D eigenvalue weighted by Crippen LogP contribution is -2.25. The third-order valence-electron chi connectivity index (χ3n) is 4.61. The minimum Gasteiger partial charge on any atom is -0.506 e. The average molecular weight is 689 g/mol. The molecule has 15 heteroatoms. The van der Waals surface area contributed by atoms with Gasteiger partial charge >= 0.3 is 18.2 Å². The van der Waals surface area contributed by atoms with Crippen LogP contribution < -0.4 is 5.69 Å². The summed E-state index contributed by atoms with van der Waals surface area (Å²) in [5.74, 6) is -1.81. The molecule has 1 heterocycles. The summed E-state index contributed by atoms with van der Waals surface area (Å²) in [5, 5.41) is 20.2. The molecule has 8 nitrogen and oxygen atoms in total. The molecule has 37 heavy (non-hydrogen) atoms. The Bertz CT molecular complexity index is 1390. The van der Waals surface area contributed by atoms with Crippen LogP contribution in [-0.2, 0) is 16.0 Å². The van der Waals surface area contributed by atoms with Crippen molar-refractivity contribution in [1.29, 1.82) is 5.26 Å². The van der Waals surface area contributed by atoms with E-state index >= 15 is 0 Å². The number of esters is 1. The van der Waals surface area contributed by atoms with Crippen LogP contribution in [0.15, 0.2) is 38.0 Å². The van der Waals surface area contributed by atoms with Crippen LogP contribution in [0.5, 0.6) is 5.75 Å². The quantitative estimate of drug-likeness (QED) is 0.250. The standard InChI is InChI=1S/C15H14Cl2F3N3O3.C7H3Br2NO/c1-3-26-13(24)10(17)4-8-5-12(11(18)6-9(8)16)23-15(25)22(14(19)20)7(2)21-23;8-5-1-4(3-10)2-6(9)7(5)11/h5-6,10,14H,3-4H2,1-2H3;1-2,11H. The van der Waals surface area contributed by atoms with E-state index < -0.39 is 29.4 Å². The van der Waals surface area contributed by atoms with E-state index in [2.05, 4.69) is 37.0 Å². The molecule has 0 saturated carbocycles. The van der Waals surface area contributed by atoms with Crippen molar-refractivity contribution in [2.75, 3.05) is 6.61 Å². The van der Waals surface area contributed by atoms with Gasteiger partial charge in [0.25, 0.3) is 0 Å². The van der Waals surface area contributed by atoms with Crippen LogP contribution in [0.25, 0.3) is 5.69 Å². The monoisotopic (exact) mass is 686 g/mol.